The molecule has 3 rings (SSSR count). The van der Waals surface area contributed by atoms with Crippen molar-refractivity contribution in [2.24, 2.45) is 0 Å². The third-order valence-electron chi connectivity index (χ3n) is 3.55. The maximum absolute atomic E-state index is 12.1. The first-order chi connectivity index (χ1) is 12.3. The predicted molar refractivity (Wildman–Crippen MR) is 97.2 cm³/mol. The quantitative estimate of drug-likeness (QED) is 0.607. The van der Waals surface area contributed by atoms with Crippen LogP contribution in [-0.4, -0.2) is 27.4 Å². The lowest BCUT2D eigenvalue weighted by Crippen LogP contribution is -2.23. The van der Waals surface area contributed by atoms with Gasteiger partial charge in [0.25, 0.3) is 5.91 Å². The van der Waals surface area contributed by atoms with Gasteiger partial charge in [-0.05, 0) is 11.6 Å². The van der Waals surface area contributed by atoms with E-state index in [1.54, 1.807) is 11.6 Å². The first-order valence-corrected chi connectivity index (χ1v) is 8.91. The maximum atomic E-state index is 12.1. The molecule has 3 aromatic rings. The lowest BCUT2D eigenvalue weighted by Gasteiger charge is -2.03. The summed E-state index contributed by atoms with van der Waals surface area (Å²) in [5.41, 5.74) is 2.50. The van der Waals surface area contributed by atoms with Crippen molar-refractivity contribution >= 4 is 17.2 Å². The molecule has 0 atom stereocenters. The number of nitrogens with one attached hydrogen (secondary N) is 2. The molecule has 0 aliphatic rings. The fraction of sp³-hybridized carbons (Fsp3) is 0.222. The summed E-state index contributed by atoms with van der Waals surface area (Å²) >= 11 is 1.51. The van der Waals surface area contributed by atoms with E-state index in [2.05, 4.69) is 25.6 Å². The van der Waals surface area contributed by atoms with Gasteiger partial charge in [-0.25, -0.2) is 15.0 Å². The van der Waals surface area contributed by atoms with Crippen molar-refractivity contribution in [1.29, 1.82) is 0 Å². The molecule has 2 N–H and O–H groups in total. The minimum absolute atomic E-state index is 0.139. The van der Waals surface area contributed by atoms with E-state index in [-0.39, 0.29) is 5.91 Å². The minimum atomic E-state index is -0.139. The number of amides is 1. The van der Waals surface area contributed by atoms with Crippen molar-refractivity contribution in [3.63, 3.8) is 0 Å². The molecule has 128 valence electrons. The van der Waals surface area contributed by atoms with Crippen LogP contribution in [0.5, 0.6) is 0 Å². The van der Waals surface area contributed by atoms with Crippen LogP contribution in [0.25, 0.3) is 0 Å². The largest absolute Gasteiger partial charge is 0.347 e. The molecule has 1 amide bonds. The van der Waals surface area contributed by atoms with Gasteiger partial charge in [-0.3, -0.25) is 4.79 Å². The SMILES string of the molecule is O=C(NCc1ccccc1)c1csc(CCNCc2ccncn2)n1. The van der Waals surface area contributed by atoms with Crippen LogP contribution in [-0.2, 0) is 19.5 Å². The lowest BCUT2D eigenvalue weighted by atomic mass is 10.2. The fourth-order valence-electron chi connectivity index (χ4n) is 2.23. The Kier molecular flexibility index (Phi) is 6.19. The van der Waals surface area contributed by atoms with Gasteiger partial charge in [-0.1, -0.05) is 30.3 Å². The van der Waals surface area contributed by atoms with E-state index in [4.69, 9.17) is 0 Å². The molecule has 0 unspecified atom stereocenters. The van der Waals surface area contributed by atoms with Crippen molar-refractivity contribution in [2.45, 2.75) is 19.5 Å². The van der Waals surface area contributed by atoms with Crippen LogP contribution in [0.1, 0.15) is 26.8 Å². The number of hydrogen-bond donors (Lipinski definition) is 2. The number of benzene rings is 1. The zero-order valence-electron chi connectivity index (χ0n) is 13.7. The van der Waals surface area contributed by atoms with Crippen molar-refractivity contribution < 1.29 is 4.79 Å². The second-order valence-corrected chi connectivity index (χ2v) is 6.36. The fourth-order valence-corrected chi connectivity index (χ4v) is 3.01. The van der Waals surface area contributed by atoms with Gasteiger partial charge in [0, 0.05) is 37.6 Å². The van der Waals surface area contributed by atoms with Crippen molar-refractivity contribution in [1.82, 2.24) is 25.6 Å². The second-order valence-electron chi connectivity index (χ2n) is 5.42. The van der Waals surface area contributed by atoms with Gasteiger partial charge in [0.15, 0.2) is 0 Å². The second kappa shape index (κ2) is 9.00. The standard InChI is InChI=1S/C18H19N5OS/c24-18(21-10-14-4-2-1-3-5-14)16-12-25-17(23-16)7-9-19-11-15-6-8-20-13-22-15/h1-6,8,12-13,19H,7,9-11H2,(H,21,24). The Hall–Kier alpha value is -2.64. The number of hydrogen-bond acceptors (Lipinski definition) is 6. The Morgan fingerprint density at radius 1 is 1.12 bits per heavy atom. The Labute approximate surface area is 150 Å². The molecule has 0 aliphatic heterocycles. The van der Waals surface area contributed by atoms with Crippen LogP contribution in [0.3, 0.4) is 0 Å². The Bertz CT molecular complexity index is 791. The highest BCUT2D eigenvalue weighted by atomic mass is 32.1. The molecule has 0 fully saturated rings. The minimum Gasteiger partial charge on any atom is -0.347 e. The first kappa shape index (κ1) is 17.2. The average molecular weight is 353 g/mol. The molecule has 7 heteroatoms. The molecule has 1 aromatic carbocycles. The van der Waals surface area contributed by atoms with Crippen LogP contribution in [0, 0.1) is 0 Å². The Balaban J connectivity index is 1.41. The molecule has 0 saturated carbocycles. The molecule has 0 spiro atoms. The molecule has 2 aromatic heterocycles. The summed E-state index contributed by atoms with van der Waals surface area (Å²) in [6, 6.07) is 11.7. The maximum Gasteiger partial charge on any atom is 0.271 e. The monoisotopic (exact) mass is 353 g/mol. The van der Waals surface area contributed by atoms with Gasteiger partial charge in [-0.2, -0.15) is 0 Å². The topological polar surface area (TPSA) is 79.8 Å². The van der Waals surface area contributed by atoms with E-state index in [0.29, 0.717) is 18.8 Å². The molecule has 6 nitrogen and oxygen atoms in total. The average Bonchev–Trinajstić information content (AvgIpc) is 3.14. The van der Waals surface area contributed by atoms with Crippen LogP contribution >= 0.6 is 11.3 Å². The van der Waals surface area contributed by atoms with Gasteiger partial charge < -0.3 is 10.6 Å². The Morgan fingerprint density at radius 3 is 2.80 bits per heavy atom. The van der Waals surface area contributed by atoms with Gasteiger partial charge in [0.05, 0.1) is 10.7 Å². The van der Waals surface area contributed by atoms with E-state index >= 15 is 0 Å². The summed E-state index contributed by atoms with van der Waals surface area (Å²) in [5, 5.41) is 8.95. The molecular formula is C18H19N5OS. The highest BCUT2D eigenvalue weighted by Gasteiger charge is 2.10. The van der Waals surface area contributed by atoms with Gasteiger partial charge in [0.2, 0.25) is 0 Å². The zero-order valence-corrected chi connectivity index (χ0v) is 14.5. The summed E-state index contributed by atoms with van der Waals surface area (Å²) in [6.07, 6.45) is 4.05. The van der Waals surface area contributed by atoms with Crippen molar-refractivity contribution in [3.8, 4) is 0 Å². The molecule has 0 aliphatic carbocycles. The van der Waals surface area contributed by atoms with Crippen LogP contribution in [0.15, 0.2) is 54.3 Å². The number of thiazole rings is 1. The molecule has 25 heavy (non-hydrogen) atoms. The summed E-state index contributed by atoms with van der Waals surface area (Å²) < 4.78 is 0. The van der Waals surface area contributed by atoms with E-state index in [0.717, 1.165) is 29.2 Å². The van der Waals surface area contributed by atoms with E-state index < -0.39 is 0 Å². The van der Waals surface area contributed by atoms with Gasteiger partial charge in [0.1, 0.15) is 12.0 Å². The molecule has 0 radical (unpaired) electrons. The van der Waals surface area contributed by atoms with E-state index in [1.165, 1.54) is 17.7 Å². The lowest BCUT2D eigenvalue weighted by molar-refractivity contribution is 0.0946. The Morgan fingerprint density at radius 2 is 2.00 bits per heavy atom. The molecular weight excluding hydrogens is 334 g/mol. The summed E-state index contributed by atoms with van der Waals surface area (Å²) in [6.45, 7) is 1.98. The zero-order chi connectivity index (χ0) is 17.3. The van der Waals surface area contributed by atoms with E-state index in [1.807, 2.05) is 36.4 Å². The van der Waals surface area contributed by atoms with E-state index in [9.17, 15) is 4.79 Å². The van der Waals surface area contributed by atoms with Gasteiger partial charge >= 0.3 is 0 Å². The van der Waals surface area contributed by atoms with Gasteiger partial charge in [-0.15, -0.1) is 11.3 Å². The van der Waals surface area contributed by atoms with Crippen molar-refractivity contribution in [2.75, 3.05) is 6.54 Å². The van der Waals surface area contributed by atoms with Crippen LogP contribution in [0.4, 0.5) is 0 Å². The summed E-state index contributed by atoms with van der Waals surface area (Å²) in [5.74, 6) is -0.139. The number of nitrogens with zero attached hydrogens (tertiary/aromatic N) is 3. The molecule has 0 bridgehead atoms. The number of aromatic nitrogens is 3. The number of carbonyl (C=O) groups is 1. The highest BCUT2D eigenvalue weighted by Crippen LogP contribution is 2.10. The third-order valence-corrected chi connectivity index (χ3v) is 4.45. The third kappa shape index (κ3) is 5.44. The summed E-state index contributed by atoms with van der Waals surface area (Å²) in [7, 11) is 0. The number of carbonyl (C=O) groups excluding carboxylic acids is 1. The van der Waals surface area contributed by atoms with Crippen LogP contribution < -0.4 is 10.6 Å². The predicted octanol–water partition coefficient (Wildman–Crippen LogP) is 2.20. The molecule has 0 saturated heterocycles. The van der Waals surface area contributed by atoms with Crippen molar-refractivity contribution in [3.05, 3.63) is 76.3 Å². The molecule has 2 heterocycles. The number of rotatable bonds is 8. The smallest absolute Gasteiger partial charge is 0.271 e. The normalized spacial score (nSPS) is 10.6. The summed E-state index contributed by atoms with van der Waals surface area (Å²) in [4.78, 5) is 24.6. The van der Waals surface area contributed by atoms with Crippen LogP contribution in [0.2, 0.25) is 0 Å². The first-order valence-electron chi connectivity index (χ1n) is 8.03. The highest BCUT2D eigenvalue weighted by molar-refractivity contribution is 7.09.